The van der Waals surface area contributed by atoms with Crippen LogP contribution in [-0.4, -0.2) is 17.3 Å². The van der Waals surface area contributed by atoms with Crippen LogP contribution in [0.4, 0.5) is 0 Å². The van der Waals surface area contributed by atoms with Crippen molar-refractivity contribution in [1.29, 1.82) is 0 Å². The second kappa shape index (κ2) is 1.28. The molecule has 3 unspecified atom stereocenters. The highest BCUT2D eigenvalue weighted by atomic mass is 16.3. The zero-order chi connectivity index (χ0) is 6.93. The molecule has 4 rings (SSSR count). The first-order valence-electron chi connectivity index (χ1n) is 4.20. The van der Waals surface area contributed by atoms with Crippen molar-refractivity contribution in [1.82, 2.24) is 0 Å². The van der Waals surface area contributed by atoms with E-state index in [1.807, 2.05) is 0 Å². The standard InChI is InChI=1S/C8H13NO/c9-3-8(10)4-1-5-6(2-4)7(5)8/h4-7,10H,1-3,9H2. The van der Waals surface area contributed by atoms with Gasteiger partial charge in [0, 0.05) is 6.54 Å². The Morgan fingerprint density at radius 3 is 2.20 bits per heavy atom. The topological polar surface area (TPSA) is 46.2 Å². The molecule has 0 aliphatic heterocycles. The highest BCUT2D eigenvalue weighted by molar-refractivity contribution is 5.24. The van der Waals surface area contributed by atoms with Gasteiger partial charge in [0.05, 0.1) is 5.60 Å². The predicted octanol–water partition coefficient (Wildman–Crippen LogP) is -0.0380. The van der Waals surface area contributed by atoms with E-state index in [4.69, 9.17) is 5.73 Å². The van der Waals surface area contributed by atoms with Crippen molar-refractivity contribution in [2.45, 2.75) is 18.4 Å². The van der Waals surface area contributed by atoms with Gasteiger partial charge in [-0.1, -0.05) is 0 Å². The van der Waals surface area contributed by atoms with Gasteiger partial charge in [0.25, 0.3) is 0 Å². The minimum atomic E-state index is -0.421. The molecule has 0 aromatic heterocycles. The van der Waals surface area contributed by atoms with E-state index in [1.165, 1.54) is 12.8 Å². The van der Waals surface area contributed by atoms with E-state index in [-0.39, 0.29) is 0 Å². The van der Waals surface area contributed by atoms with Gasteiger partial charge in [-0.15, -0.1) is 0 Å². The highest BCUT2D eigenvalue weighted by Crippen LogP contribution is 2.74. The Hall–Kier alpha value is -0.0800. The molecule has 0 amide bonds. The first-order valence-corrected chi connectivity index (χ1v) is 4.20. The predicted molar refractivity (Wildman–Crippen MR) is 37.2 cm³/mol. The van der Waals surface area contributed by atoms with Crippen LogP contribution in [0, 0.1) is 23.7 Å². The molecular formula is C8H13NO. The van der Waals surface area contributed by atoms with E-state index in [9.17, 15) is 5.11 Å². The Labute approximate surface area is 60.4 Å². The van der Waals surface area contributed by atoms with E-state index >= 15 is 0 Å². The van der Waals surface area contributed by atoms with E-state index in [1.54, 1.807) is 0 Å². The number of rotatable bonds is 1. The first-order chi connectivity index (χ1) is 4.77. The summed E-state index contributed by atoms with van der Waals surface area (Å²) in [5, 5.41) is 10.00. The van der Waals surface area contributed by atoms with Gasteiger partial charge in [-0.05, 0) is 36.5 Å². The van der Waals surface area contributed by atoms with Gasteiger partial charge in [-0.25, -0.2) is 0 Å². The molecule has 4 bridgehead atoms. The molecule has 3 N–H and O–H groups in total. The molecule has 0 aromatic rings. The number of hydrogen-bond donors (Lipinski definition) is 2. The average molecular weight is 139 g/mol. The Kier molecular flexibility index (Phi) is 0.710. The molecule has 56 valence electrons. The van der Waals surface area contributed by atoms with Crippen molar-refractivity contribution in [2.24, 2.45) is 29.4 Å². The summed E-state index contributed by atoms with van der Waals surface area (Å²) in [5.74, 6) is 2.93. The van der Waals surface area contributed by atoms with Crippen molar-refractivity contribution >= 4 is 0 Å². The van der Waals surface area contributed by atoms with Gasteiger partial charge in [0.15, 0.2) is 0 Å². The van der Waals surface area contributed by atoms with Crippen molar-refractivity contribution in [3.05, 3.63) is 0 Å². The summed E-state index contributed by atoms with van der Waals surface area (Å²) in [6.45, 7) is 0.495. The maximum atomic E-state index is 10.00. The lowest BCUT2D eigenvalue weighted by Gasteiger charge is -2.24. The van der Waals surface area contributed by atoms with E-state index < -0.39 is 5.60 Å². The fraction of sp³-hybridized carbons (Fsp3) is 1.00. The monoisotopic (exact) mass is 139 g/mol. The van der Waals surface area contributed by atoms with Gasteiger partial charge < -0.3 is 10.8 Å². The molecule has 2 heteroatoms. The fourth-order valence-electron chi connectivity index (χ4n) is 3.57. The maximum absolute atomic E-state index is 10.00. The Morgan fingerprint density at radius 2 is 2.00 bits per heavy atom. The number of aliphatic hydroxyl groups is 1. The molecule has 0 spiro atoms. The minimum Gasteiger partial charge on any atom is -0.388 e. The summed E-state index contributed by atoms with van der Waals surface area (Å²) in [7, 11) is 0. The molecule has 2 nitrogen and oxygen atoms in total. The van der Waals surface area contributed by atoms with Crippen LogP contribution in [0.5, 0.6) is 0 Å². The van der Waals surface area contributed by atoms with Gasteiger partial charge in [-0.3, -0.25) is 0 Å². The van der Waals surface area contributed by atoms with Crippen LogP contribution >= 0.6 is 0 Å². The third-order valence-electron chi connectivity index (χ3n) is 4.06. The van der Waals surface area contributed by atoms with E-state index in [0.29, 0.717) is 18.4 Å². The summed E-state index contributed by atoms with van der Waals surface area (Å²) in [4.78, 5) is 0. The second-order valence-corrected chi connectivity index (χ2v) is 4.22. The molecule has 4 aliphatic carbocycles. The SMILES string of the molecule is NCC1(O)C2CC3C(C2)C31. The van der Waals surface area contributed by atoms with Crippen molar-refractivity contribution in [2.75, 3.05) is 6.54 Å². The Morgan fingerprint density at radius 1 is 1.40 bits per heavy atom. The van der Waals surface area contributed by atoms with Gasteiger partial charge >= 0.3 is 0 Å². The first kappa shape index (κ1) is 5.56. The average Bonchev–Trinajstić information content (AvgIpc) is 2.30. The molecular weight excluding hydrogens is 126 g/mol. The lowest BCUT2D eigenvalue weighted by Crippen LogP contribution is -2.41. The van der Waals surface area contributed by atoms with Crippen molar-refractivity contribution < 1.29 is 5.11 Å². The second-order valence-electron chi connectivity index (χ2n) is 4.22. The van der Waals surface area contributed by atoms with Crippen LogP contribution in [-0.2, 0) is 0 Å². The molecule has 0 radical (unpaired) electrons. The molecule has 4 fully saturated rings. The molecule has 4 saturated carbocycles. The van der Waals surface area contributed by atoms with Gasteiger partial charge in [0.2, 0.25) is 0 Å². The van der Waals surface area contributed by atoms with Crippen LogP contribution in [0.2, 0.25) is 0 Å². The normalized spacial score (nSPS) is 69.0. The smallest absolute Gasteiger partial charge is 0.0831 e. The summed E-state index contributed by atoms with van der Waals surface area (Å²) < 4.78 is 0. The molecule has 10 heavy (non-hydrogen) atoms. The van der Waals surface area contributed by atoms with Crippen LogP contribution in [0.3, 0.4) is 0 Å². The van der Waals surface area contributed by atoms with Crippen molar-refractivity contribution in [3.63, 3.8) is 0 Å². The van der Waals surface area contributed by atoms with Gasteiger partial charge in [-0.2, -0.15) is 0 Å². The molecule has 3 atom stereocenters. The third kappa shape index (κ3) is 0.350. The third-order valence-corrected chi connectivity index (χ3v) is 4.06. The summed E-state index contributed by atoms with van der Waals surface area (Å²) >= 11 is 0. The highest BCUT2D eigenvalue weighted by Gasteiger charge is 2.74. The lowest BCUT2D eigenvalue weighted by atomic mass is 9.93. The zero-order valence-electron chi connectivity index (χ0n) is 5.96. The van der Waals surface area contributed by atoms with E-state index in [2.05, 4.69) is 0 Å². The lowest BCUT2D eigenvalue weighted by molar-refractivity contribution is 0.0111. The molecule has 0 heterocycles. The molecule has 0 saturated heterocycles. The Balaban J connectivity index is 2.02. The summed E-state index contributed by atoms with van der Waals surface area (Å²) in [6, 6.07) is 0. The largest absolute Gasteiger partial charge is 0.388 e. The maximum Gasteiger partial charge on any atom is 0.0831 e. The Bertz CT molecular complexity index is 178. The van der Waals surface area contributed by atoms with Crippen LogP contribution in [0.15, 0.2) is 0 Å². The van der Waals surface area contributed by atoms with Gasteiger partial charge in [0.1, 0.15) is 0 Å². The van der Waals surface area contributed by atoms with Crippen molar-refractivity contribution in [3.8, 4) is 0 Å². The zero-order valence-corrected chi connectivity index (χ0v) is 5.96. The molecule has 0 aromatic carbocycles. The fourth-order valence-corrected chi connectivity index (χ4v) is 3.57. The number of nitrogens with two attached hydrogens (primary N) is 1. The van der Waals surface area contributed by atoms with Crippen LogP contribution < -0.4 is 5.73 Å². The summed E-state index contributed by atoms with van der Waals surface area (Å²) in [6.07, 6.45) is 2.53. The van der Waals surface area contributed by atoms with Crippen LogP contribution in [0.25, 0.3) is 0 Å². The summed E-state index contributed by atoms with van der Waals surface area (Å²) in [5.41, 5.74) is 5.13. The number of hydrogen-bond acceptors (Lipinski definition) is 2. The molecule has 4 aliphatic rings. The van der Waals surface area contributed by atoms with Crippen LogP contribution in [0.1, 0.15) is 12.8 Å². The quantitative estimate of drug-likeness (QED) is 0.535. The van der Waals surface area contributed by atoms with E-state index in [0.717, 1.165) is 11.8 Å². The minimum absolute atomic E-state index is 0.421.